The molecule has 0 bridgehead atoms. The lowest BCUT2D eigenvalue weighted by molar-refractivity contribution is -0.141. The van der Waals surface area contributed by atoms with Crippen molar-refractivity contribution in [3.05, 3.63) is 17.9 Å². The van der Waals surface area contributed by atoms with Crippen LogP contribution in [-0.2, 0) is 14.3 Å². The number of amides is 3. The Morgan fingerprint density at radius 1 is 1.11 bits per heavy atom. The van der Waals surface area contributed by atoms with Crippen LogP contribution >= 0.6 is 0 Å². The second kappa shape index (κ2) is 8.74. The summed E-state index contributed by atoms with van der Waals surface area (Å²) in [5.74, 6) is -0.390. The number of carbonyl (C=O) groups is 2. The third kappa shape index (κ3) is 4.05. The van der Waals surface area contributed by atoms with E-state index < -0.39 is 11.8 Å². The maximum Gasteiger partial charge on any atom is 0.328 e. The van der Waals surface area contributed by atoms with Gasteiger partial charge < -0.3 is 19.1 Å². The topological polar surface area (TPSA) is 80.3 Å². The number of nitrogens with one attached hydrogen (secondary N) is 1. The van der Waals surface area contributed by atoms with Gasteiger partial charge in [0.25, 0.3) is 0 Å². The monoisotopic (exact) mass is 395 g/mol. The Labute approximate surface area is 163 Å². The number of carbonyl (C=O) groups excluding carboxylic acids is 2. The molecule has 1 aromatic carbocycles. The van der Waals surface area contributed by atoms with Gasteiger partial charge in [-0.3, -0.25) is 15.0 Å². The molecular weight excluding hydrogens is 369 g/mol. The standard InChI is InChI=1S/C19H26FN3O5/c1-26-15-11-13(22-7-4-12(5-8-22)18(27-2)28-3)10-14(20)17(15)23-9-6-16(24)21-19(23)25/h10-12,18H,4-9H2,1-3H3,(H,21,24,25). The summed E-state index contributed by atoms with van der Waals surface area (Å²) >= 11 is 0. The number of anilines is 2. The van der Waals surface area contributed by atoms with Gasteiger partial charge in [0.1, 0.15) is 11.4 Å². The number of rotatable bonds is 6. The molecule has 28 heavy (non-hydrogen) atoms. The summed E-state index contributed by atoms with van der Waals surface area (Å²) in [6, 6.07) is 2.49. The van der Waals surface area contributed by atoms with Crippen LogP contribution in [0, 0.1) is 11.7 Å². The maximum atomic E-state index is 15.0. The van der Waals surface area contributed by atoms with Crippen molar-refractivity contribution in [1.82, 2.24) is 5.32 Å². The molecule has 1 N–H and O–H groups in total. The van der Waals surface area contributed by atoms with Crippen LogP contribution in [0.4, 0.5) is 20.6 Å². The molecule has 0 saturated carbocycles. The predicted molar refractivity (Wildman–Crippen MR) is 101 cm³/mol. The zero-order valence-corrected chi connectivity index (χ0v) is 16.4. The van der Waals surface area contributed by atoms with Crippen LogP contribution in [0.15, 0.2) is 12.1 Å². The number of ether oxygens (including phenoxy) is 3. The van der Waals surface area contributed by atoms with Gasteiger partial charge in [0.15, 0.2) is 12.1 Å². The van der Waals surface area contributed by atoms with Gasteiger partial charge >= 0.3 is 6.03 Å². The highest BCUT2D eigenvalue weighted by Gasteiger charge is 2.31. The minimum Gasteiger partial charge on any atom is -0.494 e. The number of urea groups is 1. The molecule has 3 rings (SSSR count). The molecule has 2 heterocycles. The second-order valence-corrected chi connectivity index (χ2v) is 6.90. The fourth-order valence-corrected chi connectivity index (χ4v) is 3.85. The Hall–Kier alpha value is -2.39. The first-order valence-electron chi connectivity index (χ1n) is 9.28. The van der Waals surface area contributed by atoms with E-state index in [-0.39, 0.29) is 42.5 Å². The van der Waals surface area contributed by atoms with Crippen molar-refractivity contribution >= 4 is 23.3 Å². The number of nitrogens with zero attached hydrogens (tertiary/aromatic N) is 2. The summed E-state index contributed by atoms with van der Waals surface area (Å²) in [6.45, 7) is 1.57. The van der Waals surface area contributed by atoms with E-state index in [4.69, 9.17) is 14.2 Å². The number of piperidine rings is 1. The molecule has 2 aliphatic heterocycles. The van der Waals surface area contributed by atoms with E-state index in [1.165, 1.54) is 18.1 Å². The molecule has 0 aromatic heterocycles. The number of hydrogen-bond acceptors (Lipinski definition) is 6. The van der Waals surface area contributed by atoms with Crippen LogP contribution in [0.1, 0.15) is 19.3 Å². The summed E-state index contributed by atoms with van der Waals surface area (Å²) < 4.78 is 31.0. The van der Waals surface area contributed by atoms with E-state index in [0.717, 1.165) is 25.9 Å². The van der Waals surface area contributed by atoms with Crippen molar-refractivity contribution in [2.75, 3.05) is 50.8 Å². The van der Waals surface area contributed by atoms with Crippen LogP contribution < -0.4 is 19.9 Å². The molecule has 8 nitrogen and oxygen atoms in total. The summed E-state index contributed by atoms with van der Waals surface area (Å²) in [5.41, 5.74) is 0.737. The zero-order valence-electron chi connectivity index (χ0n) is 16.4. The van der Waals surface area contributed by atoms with Crippen molar-refractivity contribution in [2.45, 2.75) is 25.6 Å². The molecule has 1 aromatic rings. The van der Waals surface area contributed by atoms with Crippen molar-refractivity contribution in [2.24, 2.45) is 5.92 Å². The Morgan fingerprint density at radius 3 is 2.36 bits per heavy atom. The largest absolute Gasteiger partial charge is 0.494 e. The lowest BCUT2D eigenvalue weighted by Gasteiger charge is -2.36. The molecule has 9 heteroatoms. The third-order valence-electron chi connectivity index (χ3n) is 5.31. The van der Waals surface area contributed by atoms with Gasteiger partial charge in [-0.2, -0.15) is 0 Å². The van der Waals surface area contributed by atoms with Crippen LogP contribution in [0.2, 0.25) is 0 Å². The highest BCUT2D eigenvalue weighted by molar-refractivity contribution is 6.06. The smallest absolute Gasteiger partial charge is 0.328 e. The Balaban J connectivity index is 1.79. The van der Waals surface area contributed by atoms with Crippen LogP contribution in [0.5, 0.6) is 5.75 Å². The van der Waals surface area contributed by atoms with Gasteiger partial charge in [0, 0.05) is 57.9 Å². The van der Waals surface area contributed by atoms with Crippen molar-refractivity contribution in [3.8, 4) is 5.75 Å². The SMILES string of the molecule is COc1cc(N2CCC(C(OC)OC)CC2)cc(F)c1N1CCC(=O)NC1=O. The molecule has 0 atom stereocenters. The van der Waals surface area contributed by atoms with Crippen molar-refractivity contribution in [1.29, 1.82) is 0 Å². The molecule has 0 aliphatic carbocycles. The lowest BCUT2D eigenvalue weighted by Crippen LogP contribution is -2.50. The summed E-state index contributed by atoms with van der Waals surface area (Å²) in [7, 11) is 4.69. The van der Waals surface area contributed by atoms with Crippen LogP contribution in [-0.4, -0.2) is 59.2 Å². The number of hydrogen-bond donors (Lipinski definition) is 1. The van der Waals surface area contributed by atoms with Gasteiger partial charge in [-0.1, -0.05) is 0 Å². The highest BCUT2D eigenvalue weighted by atomic mass is 19.1. The van der Waals surface area contributed by atoms with E-state index in [1.54, 1.807) is 20.3 Å². The minimum absolute atomic E-state index is 0.0463. The quantitative estimate of drug-likeness (QED) is 0.744. The number of imide groups is 1. The molecule has 154 valence electrons. The Morgan fingerprint density at radius 2 is 1.79 bits per heavy atom. The van der Waals surface area contributed by atoms with Gasteiger partial charge in [0.2, 0.25) is 5.91 Å². The van der Waals surface area contributed by atoms with Crippen LogP contribution in [0.25, 0.3) is 0 Å². The third-order valence-corrected chi connectivity index (χ3v) is 5.31. The first kappa shape index (κ1) is 20.3. The maximum absolute atomic E-state index is 15.0. The predicted octanol–water partition coefficient (Wildman–Crippen LogP) is 2.12. The molecule has 2 aliphatic rings. The highest BCUT2D eigenvalue weighted by Crippen LogP contribution is 2.38. The molecular formula is C19H26FN3O5. The molecule has 2 saturated heterocycles. The van der Waals surface area contributed by atoms with Gasteiger partial charge in [0.05, 0.1) is 7.11 Å². The Bertz CT molecular complexity index is 733. The first-order valence-corrected chi connectivity index (χ1v) is 9.28. The van der Waals surface area contributed by atoms with Gasteiger partial charge in [-0.05, 0) is 18.9 Å². The minimum atomic E-state index is -0.646. The average molecular weight is 395 g/mol. The van der Waals surface area contributed by atoms with Gasteiger partial charge in [-0.15, -0.1) is 0 Å². The van der Waals surface area contributed by atoms with E-state index >= 15 is 0 Å². The summed E-state index contributed by atoms with van der Waals surface area (Å²) in [4.78, 5) is 26.7. The summed E-state index contributed by atoms with van der Waals surface area (Å²) in [5, 5.41) is 2.20. The number of methoxy groups -OCH3 is 3. The van der Waals surface area contributed by atoms with E-state index in [2.05, 4.69) is 10.2 Å². The molecule has 3 amide bonds. The number of benzene rings is 1. The summed E-state index contributed by atoms with van der Waals surface area (Å²) in [6.07, 6.45) is 1.59. The van der Waals surface area contributed by atoms with E-state index in [0.29, 0.717) is 5.69 Å². The zero-order chi connectivity index (χ0) is 20.3. The fraction of sp³-hybridized carbons (Fsp3) is 0.579. The van der Waals surface area contributed by atoms with E-state index in [9.17, 15) is 14.0 Å². The van der Waals surface area contributed by atoms with E-state index in [1.807, 2.05) is 0 Å². The van der Waals surface area contributed by atoms with Crippen molar-refractivity contribution < 1.29 is 28.2 Å². The lowest BCUT2D eigenvalue weighted by atomic mass is 9.95. The van der Waals surface area contributed by atoms with Gasteiger partial charge in [-0.25, -0.2) is 9.18 Å². The molecule has 0 radical (unpaired) electrons. The molecule has 0 unspecified atom stereocenters. The first-order chi connectivity index (χ1) is 13.5. The number of halogens is 1. The second-order valence-electron chi connectivity index (χ2n) is 6.90. The molecule has 0 spiro atoms. The average Bonchev–Trinajstić information content (AvgIpc) is 2.69. The van der Waals surface area contributed by atoms with Crippen LogP contribution in [0.3, 0.4) is 0 Å². The van der Waals surface area contributed by atoms with Crippen molar-refractivity contribution in [3.63, 3.8) is 0 Å². The molecule has 2 fully saturated rings. The normalized spacial score (nSPS) is 18.6. The Kier molecular flexibility index (Phi) is 6.35. The fourth-order valence-electron chi connectivity index (χ4n) is 3.85.